The van der Waals surface area contributed by atoms with Crippen molar-refractivity contribution in [2.45, 2.75) is 70.0 Å². The molecule has 1 saturated heterocycles. The summed E-state index contributed by atoms with van der Waals surface area (Å²) in [6.45, 7) is 8.96. The van der Waals surface area contributed by atoms with Crippen molar-refractivity contribution in [3.8, 4) is 0 Å². The van der Waals surface area contributed by atoms with E-state index in [0.717, 1.165) is 28.8 Å². The fraction of sp³-hybridized carbons (Fsp3) is 0.565. The molecule has 0 unspecified atom stereocenters. The van der Waals surface area contributed by atoms with Gasteiger partial charge in [-0.2, -0.15) is 0 Å². The summed E-state index contributed by atoms with van der Waals surface area (Å²) in [5.41, 5.74) is 0.911. The van der Waals surface area contributed by atoms with Gasteiger partial charge >= 0.3 is 0 Å². The fourth-order valence-electron chi connectivity index (χ4n) is 4.35. The summed E-state index contributed by atoms with van der Waals surface area (Å²) in [7, 11) is 0. The number of piperidine rings is 1. The third-order valence-electron chi connectivity index (χ3n) is 5.95. The Labute approximate surface area is 177 Å². The number of fused-ring (bicyclic) bond motifs is 1. The maximum absolute atomic E-state index is 12.4. The van der Waals surface area contributed by atoms with Gasteiger partial charge < -0.3 is 9.88 Å². The van der Waals surface area contributed by atoms with E-state index in [4.69, 9.17) is 0 Å². The van der Waals surface area contributed by atoms with Crippen LogP contribution in [-0.2, 0) is 11.3 Å². The molecule has 1 amide bonds. The van der Waals surface area contributed by atoms with Crippen LogP contribution in [0.25, 0.3) is 10.9 Å². The van der Waals surface area contributed by atoms with Crippen molar-refractivity contribution in [3.63, 3.8) is 0 Å². The van der Waals surface area contributed by atoms with E-state index in [0.29, 0.717) is 30.9 Å². The Bertz CT molecular complexity index is 885. The number of aryl methyl sites for hydroxylation is 1. The lowest BCUT2D eigenvalue weighted by Gasteiger charge is -2.39. The zero-order valence-corrected chi connectivity index (χ0v) is 18.6. The first kappa shape index (κ1) is 21.9. The summed E-state index contributed by atoms with van der Waals surface area (Å²) in [6.07, 6.45) is 4.85. The number of rotatable bonds is 8. The smallest absolute Gasteiger partial charge is 0.252 e. The van der Waals surface area contributed by atoms with Crippen molar-refractivity contribution in [3.05, 3.63) is 40.7 Å². The minimum Gasteiger partial charge on any atom is -0.355 e. The molecule has 1 aliphatic rings. The van der Waals surface area contributed by atoms with Crippen molar-refractivity contribution in [2.75, 3.05) is 18.8 Å². The Balaban J connectivity index is 1.50. The van der Waals surface area contributed by atoms with Crippen molar-refractivity contribution in [2.24, 2.45) is 0 Å². The van der Waals surface area contributed by atoms with E-state index in [-0.39, 0.29) is 11.5 Å². The second kappa shape index (κ2) is 10.3. The highest BCUT2D eigenvalue weighted by molar-refractivity contribution is 8.00. The zero-order chi connectivity index (χ0) is 20.8. The monoisotopic (exact) mass is 415 g/mol. The molecule has 29 heavy (non-hydrogen) atoms. The molecule has 1 aromatic heterocycles. The predicted octanol–water partition coefficient (Wildman–Crippen LogP) is 3.88. The van der Waals surface area contributed by atoms with Crippen LogP contribution in [0.15, 0.2) is 40.0 Å². The van der Waals surface area contributed by atoms with Crippen molar-refractivity contribution in [1.82, 2.24) is 14.8 Å². The molecule has 0 aliphatic carbocycles. The molecule has 0 bridgehead atoms. The van der Waals surface area contributed by atoms with Gasteiger partial charge in [0.2, 0.25) is 5.91 Å². The van der Waals surface area contributed by atoms with Crippen molar-refractivity contribution >= 4 is 28.6 Å². The lowest BCUT2D eigenvalue weighted by atomic mass is 9.97. The van der Waals surface area contributed by atoms with E-state index >= 15 is 0 Å². The third kappa shape index (κ3) is 5.43. The molecule has 2 atom stereocenters. The van der Waals surface area contributed by atoms with Crippen LogP contribution in [0.5, 0.6) is 0 Å². The van der Waals surface area contributed by atoms with Crippen LogP contribution in [0, 0.1) is 0 Å². The Kier molecular flexibility index (Phi) is 7.78. The van der Waals surface area contributed by atoms with E-state index in [1.165, 1.54) is 31.0 Å². The number of carbonyl (C=O) groups is 1. The molecule has 0 radical (unpaired) electrons. The Hall–Kier alpha value is -1.79. The summed E-state index contributed by atoms with van der Waals surface area (Å²) in [4.78, 5) is 28.1. The second-order valence-electron chi connectivity index (χ2n) is 7.97. The molecule has 2 heterocycles. The molecule has 1 aliphatic heterocycles. The van der Waals surface area contributed by atoms with E-state index in [1.54, 1.807) is 10.6 Å². The fourth-order valence-corrected chi connectivity index (χ4v) is 5.25. The molecular weight excluding hydrogens is 382 g/mol. The topological polar surface area (TPSA) is 54.3 Å². The molecule has 3 rings (SSSR count). The van der Waals surface area contributed by atoms with Crippen molar-refractivity contribution < 1.29 is 4.79 Å². The van der Waals surface area contributed by atoms with Crippen LogP contribution in [0.3, 0.4) is 0 Å². The number of aromatic nitrogens is 1. The largest absolute Gasteiger partial charge is 0.355 e. The van der Waals surface area contributed by atoms with Crippen LogP contribution in [0.4, 0.5) is 0 Å². The van der Waals surface area contributed by atoms with Gasteiger partial charge in [-0.05, 0) is 46.1 Å². The molecule has 1 N–H and O–H groups in total. The number of nitrogens with one attached hydrogen (secondary N) is 1. The molecule has 0 spiro atoms. The Morgan fingerprint density at radius 2 is 1.93 bits per heavy atom. The number of likely N-dealkylation sites (tertiary alicyclic amines) is 1. The van der Waals surface area contributed by atoms with Crippen LogP contribution in [0.2, 0.25) is 0 Å². The molecule has 158 valence electrons. The van der Waals surface area contributed by atoms with Gasteiger partial charge in [-0.15, -0.1) is 11.8 Å². The third-order valence-corrected chi connectivity index (χ3v) is 7.00. The average molecular weight is 416 g/mol. The van der Waals surface area contributed by atoms with Crippen LogP contribution < -0.4 is 10.9 Å². The minimum atomic E-state index is -0.0149. The van der Waals surface area contributed by atoms with E-state index in [9.17, 15) is 9.59 Å². The minimum absolute atomic E-state index is 0.0149. The molecule has 1 fully saturated rings. The Morgan fingerprint density at radius 3 is 2.66 bits per heavy atom. The standard InChI is InChI=1S/C23H33N3O2S/c1-4-25-20-12-6-5-11-19(20)21(15-23(25)28)29-16-22(27)24-13-8-14-26-17(2)9-7-10-18(26)3/h5-6,11-12,15,17-18H,4,7-10,13-14,16H2,1-3H3,(H,24,27)/t17-,18+. The predicted molar refractivity (Wildman–Crippen MR) is 122 cm³/mol. The summed E-state index contributed by atoms with van der Waals surface area (Å²) in [6, 6.07) is 10.8. The van der Waals surface area contributed by atoms with Crippen LogP contribution in [-0.4, -0.2) is 46.3 Å². The van der Waals surface area contributed by atoms with Gasteiger partial charge in [0, 0.05) is 48.1 Å². The first-order chi connectivity index (χ1) is 14.0. The highest BCUT2D eigenvalue weighted by Crippen LogP contribution is 2.26. The number of nitrogens with zero attached hydrogens (tertiary/aromatic N) is 2. The van der Waals surface area contributed by atoms with E-state index in [1.807, 2.05) is 31.2 Å². The lowest BCUT2D eigenvalue weighted by molar-refractivity contribution is -0.118. The summed E-state index contributed by atoms with van der Waals surface area (Å²) in [5.74, 6) is 0.356. The first-order valence-corrected chi connectivity index (χ1v) is 11.8. The van der Waals surface area contributed by atoms with E-state index in [2.05, 4.69) is 24.1 Å². The number of amides is 1. The highest BCUT2D eigenvalue weighted by atomic mass is 32.2. The normalized spacial score (nSPS) is 20.1. The van der Waals surface area contributed by atoms with Crippen LogP contribution >= 0.6 is 11.8 Å². The maximum atomic E-state index is 12.4. The highest BCUT2D eigenvalue weighted by Gasteiger charge is 2.23. The molecular formula is C23H33N3O2S. The average Bonchev–Trinajstić information content (AvgIpc) is 2.71. The quantitative estimate of drug-likeness (QED) is 0.525. The van der Waals surface area contributed by atoms with Gasteiger partial charge in [0.1, 0.15) is 0 Å². The number of para-hydroxylation sites is 1. The van der Waals surface area contributed by atoms with E-state index < -0.39 is 0 Å². The first-order valence-electron chi connectivity index (χ1n) is 10.8. The zero-order valence-electron chi connectivity index (χ0n) is 17.8. The Morgan fingerprint density at radius 1 is 1.21 bits per heavy atom. The number of hydrogen-bond acceptors (Lipinski definition) is 4. The molecule has 6 heteroatoms. The molecule has 1 aromatic carbocycles. The second-order valence-corrected chi connectivity index (χ2v) is 8.98. The number of carbonyl (C=O) groups excluding carboxylic acids is 1. The van der Waals surface area contributed by atoms with Gasteiger partial charge in [0.25, 0.3) is 5.56 Å². The summed E-state index contributed by atoms with van der Waals surface area (Å²) < 4.78 is 1.77. The SMILES string of the molecule is CCn1c(=O)cc(SCC(=O)NCCCN2[C@H](C)CCC[C@@H]2C)c2ccccc21. The number of thioether (sulfide) groups is 1. The van der Waals surface area contributed by atoms with Gasteiger partial charge in [0.05, 0.1) is 11.3 Å². The van der Waals surface area contributed by atoms with Gasteiger partial charge in [-0.25, -0.2) is 0 Å². The van der Waals surface area contributed by atoms with Gasteiger partial charge in [-0.1, -0.05) is 24.6 Å². The van der Waals surface area contributed by atoms with Gasteiger partial charge in [0.15, 0.2) is 0 Å². The van der Waals surface area contributed by atoms with Gasteiger partial charge in [-0.3, -0.25) is 14.5 Å². The molecule has 5 nitrogen and oxygen atoms in total. The number of benzene rings is 1. The summed E-state index contributed by atoms with van der Waals surface area (Å²) >= 11 is 1.44. The molecule has 2 aromatic rings. The summed E-state index contributed by atoms with van der Waals surface area (Å²) in [5, 5.41) is 4.07. The molecule has 0 saturated carbocycles. The van der Waals surface area contributed by atoms with Crippen molar-refractivity contribution in [1.29, 1.82) is 0 Å². The van der Waals surface area contributed by atoms with Crippen LogP contribution in [0.1, 0.15) is 46.5 Å². The lowest BCUT2D eigenvalue weighted by Crippen LogP contribution is -2.44. The number of hydrogen-bond donors (Lipinski definition) is 1. The number of pyridine rings is 1. The maximum Gasteiger partial charge on any atom is 0.252 e.